The van der Waals surface area contributed by atoms with E-state index in [2.05, 4.69) is 0 Å². The second-order valence-corrected chi connectivity index (χ2v) is 5.71. The molecule has 0 radical (unpaired) electrons. The van der Waals surface area contributed by atoms with Crippen LogP contribution in [0.15, 0.2) is 30.3 Å². The first-order valence-corrected chi connectivity index (χ1v) is 7.78. The van der Waals surface area contributed by atoms with Crippen molar-refractivity contribution in [2.75, 3.05) is 19.7 Å². The van der Waals surface area contributed by atoms with Gasteiger partial charge in [-0.15, -0.1) is 0 Å². The van der Waals surface area contributed by atoms with Gasteiger partial charge in [0.05, 0.1) is 13.2 Å². The lowest BCUT2D eigenvalue weighted by molar-refractivity contribution is -0.158. The summed E-state index contributed by atoms with van der Waals surface area (Å²) in [5, 5.41) is 10.9. The topological polar surface area (TPSA) is 78.9 Å². The van der Waals surface area contributed by atoms with E-state index < -0.39 is 30.3 Å². The minimum Gasteiger partial charge on any atom is -0.479 e. The number of hydrogen-bond donors (Lipinski definition) is 2. The number of nitrogens with zero attached hydrogens (tertiary/aromatic N) is 1. The van der Waals surface area contributed by atoms with Crippen LogP contribution in [0.25, 0.3) is 0 Å². The van der Waals surface area contributed by atoms with E-state index in [9.17, 15) is 22.8 Å². The van der Waals surface area contributed by atoms with Crippen LogP contribution in [0.1, 0.15) is 12.0 Å². The maximum Gasteiger partial charge on any atom is 0.408 e. The molecule has 1 heterocycles. The van der Waals surface area contributed by atoms with E-state index in [-0.39, 0.29) is 32.5 Å². The highest BCUT2D eigenvalue weighted by Crippen LogP contribution is 2.24. The average Bonchev–Trinajstić information content (AvgIpc) is 2.58. The highest BCUT2D eigenvalue weighted by atomic mass is 19.4. The number of rotatable bonds is 5. The molecule has 1 fully saturated rings. The predicted molar refractivity (Wildman–Crippen MR) is 82.1 cm³/mol. The van der Waals surface area contributed by atoms with E-state index in [0.29, 0.717) is 0 Å². The third kappa shape index (κ3) is 5.63. The van der Waals surface area contributed by atoms with Crippen LogP contribution in [0, 0.1) is 0 Å². The molecule has 1 aliphatic rings. The fraction of sp³-hybridized carbons (Fsp3) is 0.500. The third-order valence-electron chi connectivity index (χ3n) is 3.89. The van der Waals surface area contributed by atoms with E-state index in [4.69, 9.17) is 9.84 Å². The van der Waals surface area contributed by atoms with E-state index in [0.717, 1.165) is 10.5 Å². The Bertz CT molecular complexity index is 595. The Morgan fingerprint density at radius 2 is 2.00 bits per heavy atom. The smallest absolute Gasteiger partial charge is 0.408 e. The number of nitrogens with one attached hydrogen (secondary N) is 1. The van der Waals surface area contributed by atoms with Gasteiger partial charge in [-0.05, 0) is 18.4 Å². The molecular weight excluding hydrogens is 341 g/mol. The van der Waals surface area contributed by atoms with Crippen LogP contribution in [0.5, 0.6) is 0 Å². The number of carbonyl (C=O) groups is 2. The van der Waals surface area contributed by atoms with Crippen molar-refractivity contribution < 1.29 is 32.6 Å². The molecule has 1 aromatic rings. The summed E-state index contributed by atoms with van der Waals surface area (Å²) in [5.74, 6) is -1.26. The lowest BCUT2D eigenvalue weighted by Crippen LogP contribution is -2.56. The Labute approximate surface area is 142 Å². The third-order valence-corrected chi connectivity index (χ3v) is 3.89. The summed E-state index contributed by atoms with van der Waals surface area (Å²) in [6.07, 6.45) is -5.96. The summed E-state index contributed by atoms with van der Waals surface area (Å²) in [6, 6.07) is 5.72. The van der Waals surface area contributed by atoms with Gasteiger partial charge >= 0.3 is 18.2 Å². The fourth-order valence-electron chi connectivity index (χ4n) is 2.50. The van der Waals surface area contributed by atoms with Gasteiger partial charge in [0, 0.05) is 6.54 Å². The Kier molecular flexibility index (Phi) is 6.24. The number of alkyl halides is 3. The molecular formula is C16H19F3N2O4. The SMILES string of the molecule is O=C(O)C1CN(C(=O)NC(CCc2ccccc2)C(F)(F)F)CCO1. The second-order valence-electron chi connectivity index (χ2n) is 5.71. The molecule has 2 amide bonds. The number of ether oxygens (including phenoxy) is 1. The summed E-state index contributed by atoms with van der Waals surface area (Å²) in [5.41, 5.74) is 0.739. The quantitative estimate of drug-likeness (QED) is 0.842. The van der Waals surface area contributed by atoms with Gasteiger partial charge in [0.15, 0.2) is 6.10 Å². The number of hydrogen-bond acceptors (Lipinski definition) is 3. The first-order chi connectivity index (χ1) is 11.8. The van der Waals surface area contributed by atoms with Crippen molar-refractivity contribution >= 4 is 12.0 Å². The zero-order chi connectivity index (χ0) is 18.4. The first kappa shape index (κ1) is 19.0. The maximum absolute atomic E-state index is 13.2. The van der Waals surface area contributed by atoms with Crippen LogP contribution >= 0.6 is 0 Å². The van der Waals surface area contributed by atoms with E-state index in [1.165, 1.54) is 0 Å². The first-order valence-electron chi connectivity index (χ1n) is 7.78. The average molecular weight is 360 g/mol. The fourth-order valence-corrected chi connectivity index (χ4v) is 2.50. The Morgan fingerprint density at radius 3 is 2.60 bits per heavy atom. The van der Waals surface area contributed by atoms with Crippen LogP contribution in [0.3, 0.4) is 0 Å². The molecule has 2 rings (SSSR count). The van der Waals surface area contributed by atoms with Crippen molar-refractivity contribution in [3.05, 3.63) is 35.9 Å². The van der Waals surface area contributed by atoms with Crippen LogP contribution in [-0.4, -0.2) is 60.0 Å². The molecule has 1 aromatic carbocycles. The minimum absolute atomic E-state index is 0.0366. The van der Waals surface area contributed by atoms with Crippen LogP contribution in [0.4, 0.5) is 18.0 Å². The number of benzene rings is 1. The molecule has 0 spiro atoms. The lowest BCUT2D eigenvalue weighted by atomic mass is 10.0. The number of carboxylic acid groups (broad SMARTS) is 1. The number of amides is 2. The lowest BCUT2D eigenvalue weighted by Gasteiger charge is -2.32. The normalized spacial score (nSPS) is 19.3. The molecule has 0 saturated carbocycles. The Hall–Kier alpha value is -2.29. The van der Waals surface area contributed by atoms with E-state index >= 15 is 0 Å². The zero-order valence-electron chi connectivity index (χ0n) is 13.3. The van der Waals surface area contributed by atoms with Gasteiger partial charge in [0.1, 0.15) is 6.04 Å². The summed E-state index contributed by atoms with van der Waals surface area (Å²) >= 11 is 0. The number of carbonyl (C=O) groups excluding carboxylic acids is 1. The Balaban J connectivity index is 1.96. The van der Waals surface area contributed by atoms with Crippen LogP contribution < -0.4 is 5.32 Å². The number of urea groups is 1. The highest BCUT2D eigenvalue weighted by Gasteiger charge is 2.41. The second kappa shape index (κ2) is 8.19. The molecule has 6 nitrogen and oxygen atoms in total. The molecule has 1 saturated heterocycles. The minimum atomic E-state index is -4.59. The van der Waals surface area contributed by atoms with Gasteiger partial charge in [0.2, 0.25) is 0 Å². The molecule has 2 unspecified atom stereocenters. The van der Waals surface area contributed by atoms with E-state index in [1.54, 1.807) is 30.3 Å². The standard InChI is InChI=1S/C16H19F3N2O4/c17-16(18,19)13(7-6-11-4-2-1-3-5-11)20-15(24)21-8-9-25-12(10-21)14(22)23/h1-5,12-13H,6-10H2,(H,20,24)(H,22,23). The van der Waals surface area contributed by atoms with Gasteiger partial charge in [-0.1, -0.05) is 30.3 Å². The monoisotopic (exact) mass is 360 g/mol. The number of morpholine rings is 1. The number of halogens is 3. The summed E-state index contributed by atoms with van der Waals surface area (Å²) in [6.45, 7) is -0.283. The van der Waals surface area contributed by atoms with Gasteiger partial charge < -0.3 is 20.1 Å². The van der Waals surface area contributed by atoms with E-state index in [1.807, 2.05) is 5.32 Å². The Morgan fingerprint density at radius 1 is 1.32 bits per heavy atom. The molecule has 9 heteroatoms. The molecule has 0 bridgehead atoms. The van der Waals surface area contributed by atoms with Crippen LogP contribution in [-0.2, 0) is 16.0 Å². The highest BCUT2D eigenvalue weighted by molar-refractivity contribution is 5.77. The van der Waals surface area contributed by atoms with Crippen molar-refractivity contribution in [3.8, 4) is 0 Å². The summed E-state index contributed by atoms with van der Waals surface area (Å²) in [4.78, 5) is 24.0. The maximum atomic E-state index is 13.2. The van der Waals surface area contributed by atoms with Gasteiger partial charge in [0.25, 0.3) is 0 Å². The van der Waals surface area contributed by atoms with Crippen LogP contribution in [0.2, 0.25) is 0 Å². The van der Waals surface area contributed by atoms with Crippen molar-refractivity contribution in [1.82, 2.24) is 10.2 Å². The molecule has 2 N–H and O–H groups in total. The van der Waals surface area contributed by atoms with Crippen molar-refractivity contribution in [2.24, 2.45) is 0 Å². The van der Waals surface area contributed by atoms with Crippen molar-refractivity contribution in [1.29, 1.82) is 0 Å². The van der Waals surface area contributed by atoms with Gasteiger partial charge in [-0.2, -0.15) is 13.2 Å². The van der Waals surface area contributed by atoms with Crippen molar-refractivity contribution in [2.45, 2.75) is 31.2 Å². The zero-order valence-corrected chi connectivity index (χ0v) is 13.3. The van der Waals surface area contributed by atoms with Gasteiger partial charge in [-0.25, -0.2) is 9.59 Å². The molecule has 0 aliphatic carbocycles. The molecule has 2 atom stereocenters. The predicted octanol–water partition coefficient (Wildman–Crippen LogP) is 2.05. The largest absolute Gasteiger partial charge is 0.479 e. The summed E-state index contributed by atoms with van der Waals surface area (Å²) < 4.78 is 44.6. The number of aliphatic carboxylic acids is 1. The molecule has 25 heavy (non-hydrogen) atoms. The molecule has 138 valence electrons. The summed E-state index contributed by atoms with van der Waals surface area (Å²) in [7, 11) is 0. The van der Waals surface area contributed by atoms with Gasteiger partial charge in [-0.3, -0.25) is 0 Å². The molecule has 1 aliphatic heterocycles. The molecule has 0 aromatic heterocycles. The number of aryl methyl sites for hydroxylation is 1. The number of carboxylic acids is 1. The van der Waals surface area contributed by atoms with Crippen molar-refractivity contribution in [3.63, 3.8) is 0 Å².